The lowest BCUT2D eigenvalue weighted by Gasteiger charge is -2.10. The number of methoxy groups -OCH3 is 1. The van der Waals surface area contributed by atoms with Crippen molar-refractivity contribution in [2.45, 2.75) is 32.8 Å². The Hall–Kier alpha value is -4.88. The number of hydrogen-bond donors (Lipinski definition) is 1. The molecule has 0 amide bonds. The fourth-order valence-corrected chi connectivity index (χ4v) is 3.41. The van der Waals surface area contributed by atoms with Crippen LogP contribution < -0.4 is 0 Å². The van der Waals surface area contributed by atoms with Crippen LogP contribution in [0, 0.1) is 0 Å². The van der Waals surface area contributed by atoms with E-state index in [9.17, 15) is 31.1 Å². The first kappa shape index (κ1) is 34.3. The number of oxime groups is 3. The summed E-state index contributed by atoms with van der Waals surface area (Å²) >= 11 is 0. The summed E-state index contributed by atoms with van der Waals surface area (Å²) in [4.78, 5) is 21.9. The summed E-state index contributed by atoms with van der Waals surface area (Å²) in [6.07, 6.45) is -8.81. The fourth-order valence-electron chi connectivity index (χ4n) is 3.41. The molecule has 8 nitrogen and oxygen atoms in total. The Bertz CT molecular complexity index is 1480. The van der Waals surface area contributed by atoms with Crippen molar-refractivity contribution in [1.82, 2.24) is 0 Å². The van der Waals surface area contributed by atoms with Gasteiger partial charge in [-0.3, -0.25) is 0 Å². The molecule has 0 fully saturated rings. The first-order valence-corrected chi connectivity index (χ1v) is 12.2. The molecule has 3 rings (SSSR count). The van der Waals surface area contributed by atoms with E-state index < -0.39 is 29.4 Å². The van der Waals surface area contributed by atoms with Crippen molar-refractivity contribution < 1.29 is 50.8 Å². The molecule has 0 saturated heterocycles. The van der Waals surface area contributed by atoms with Crippen LogP contribution in [-0.4, -0.2) is 42.5 Å². The molecule has 43 heavy (non-hydrogen) atoms. The third-order valence-corrected chi connectivity index (χ3v) is 5.62. The van der Waals surface area contributed by atoms with E-state index in [0.29, 0.717) is 11.1 Å². The van der Waals surface area contributed by atoms with E-state index in [1.807, 2.05) is 0 Å². The number of halogens is 6. The maximum Gasteiger partial charge on any atom is 0.416 e. The zero-order chi connectivity index (χ0) is 32.2. The minimum atomic E-state index is -4.44. The number of ether oxygens (including phenoxy) is 1. The van der Waals surface area contributed by atoms with Gasteiger partial charge < -0.3 is 19.6 Å². The van der Waals surface area contributed by atoms with Gasteiger partial charge in [-0.25, -0.2) is 4.79 Å². The van der Waals surface area contributed by atoms with Gasteiger partial charge in [-0.05, 0) is 49.2 Å². The van der Waals surface area contributed by atoms with Gasteiger partial charge in [0.15, 0.2) is 5.71 Å². The molecule has 0 aliphatic heterocycles. The van der Waals surface area contributed by atoms with Crippen LogP contribution >= 0.6 is 0 Å². The lowest BCUT2D eigenvalue weighted by Crippen LogP contribution is -2.19. The molecule has 3 aromatic rings. The van der Waals surface area contributed by atoms with Crippen LogP contribution in [0.25, 0.3) is 0 Å². The van der Waals surface area contributed by atoms with E-state index in [1.54, 1.807) is 24.3 Å². The van der Waals surface area contributed by atoms with Gasteiger partial charge in [-0.1, -0.05) is 64.0 Å². The van der Waals surface area contributed by atoms with Gasteiger partial charge in [0.2, 0.25) is 0 Å². The molecule has 0 heterocycles. The fraction of sp³-hybridized carbons (Fsp3) is 0.241. The van der Waals surface area contributed by atoms with Crippen molar-refractivity contribution in [2.75, 3.05) is 14.2 Å². The van der Waals surface area contributed by atoms with Crippen LogP contribution in [-0.2, 0) is 38.2 Å². The minimum Gasteiger partial charge on any atom is -0.464 e. The van der Waals surface area contributed by atoms with Crippen molar-refractivity contribution in [2.24, 2.45) is 15.5 Å². The molecule has 0 radical (unpaired) electrons. The van der Waals surface area contributed by atoms with Gasteiger partial charge in [0.1, 0.15) is 13.7 Å². The van der Waals surface area contributed by atoms with Crippen LogP contribution in [0.15, 0.2) is 88.3 Å². The Balaban J connectivity index is 0.000000385. The van der Waals surface area contributed by atoms with Gasteiger partial charge in [0, 0.05) is 11.1 Å². The molecular weight excluding hydrogens is 584 g/mol. The molecule has 0 aliphatic carbocycles. The van der Waals surface area contributed by atoms with Crippen molar-refractivity contribution in [1.29, 1.82) is 0 Å². The molecule has 1 N–H and O–H groups in total. The maximum absolute atomic E-state index is 12.9. The van der Waals surface area contributed by atoms with Gasteiger partial charge >= 0.3 is 18.3 Å². The summed E-state index contributed by atoms with van der Waals surface area (Å²) < 4.78 is 80.0. The molecular formula is C29H27F6N3O5. The Labute approximate surface area is 242 Å². The maximum atomic E-state index is 12.9. The number of rotatable bonds is 8. The molecule has 230 valence electrons. The standard InChI is InChI=1S/C20H19F3N2O4.C9H8F3NO/c1-13(14-8-6-9-16(11-14)20(21,22)23)24-29-12-15-7-4-5-10-17(15)18(25-28-3)19(26)27-2;1-6(13-14)7-3-2-4-8(5-7)9(10,11)12/h4-11H,12H2,1-3H3;2-5,14H,1H3/b24-13+,25-18+;13-6+. The SMILES string of the molecule is C/C(=N\O)c1cccc(C(F)(F)F)c1.CO/N=C(/C(=O)OC)c1ccccc1CO/N=C(\C)c1cccc(C(F)(F)F)c1. The normalized spacial score (nSPS) is 12.7. The predicted molar refractivity (Wildman–Crippen MR) is 146 cm³/mol. The highest BCUT2D eigenvalue weighted by atomic mass is 19.4. The van der Waals surface area contributed by atoms with E-state index in [0.717, 1.165) is 24.3 Å². The van der Waals surface area contributed by atoms with E-state index >= 15 is 0 Å². The monoisotopic (exact) mass is 611 g/mol. The van der Waals surface area contributed by atoms with Crippen molar-refractivity contribution in [3.8, 4) is 0 Å². The Morgan fingerprint density at radius 2 is 1.30 bits per heavy atom. The second-order valence-electron chi connectivity index (χ2n) is 8.56. The van der Waals surface area contributed by atoms with Crippen LogP contribution in [0.5, 0.6) is 0 Å². The quantitative estimate of drug-likeness (QED) is 0.0965. The molecule has 0 aliphatic rings. The van der Waals surface area contributed by atoms with Crippen molar-refractivity contribution in [3.05, 3.63) is 106 Å². The van der Waals surface area contributed by atoms with E-state index in [-0.39, 0.29) is 34.9 Å². The summed E-state index contributed by atoms with van der Waals surface area (Å²) in [6, 6.07) is 16.2. The lowest BCUT2D eigenvalue weighted by molar-refractivity contribution is -0.138. The molecule has 0 bridgehead atoms. The summed E-state index contributed by atoms with van der Waals surface area (Å²) in [5.74, 6) is -0.692. The Kier molecular flexibility index (Phi) is 12.3. The van der Waals surface area contributed by atoms with Gasteiger partial charge in [0.05, 0.1) is 29.7 Å². The van der Waals surface area contributed by atoms with E-state index in [4.69, 9.17) is 19.6 Å². The smallest absolute Gasteiger partial charge is 0.416 e. The number of hydrogen-bond acceptors (Lipinski definition) is 8. The average molecular weight is 612 g/mol. The van der Waals surface area contributed by atoms with Crippen molar-refractivity contribution in [3.63, 3.8) is 0 Å². The summed E-state index contributed by atoms with van der Waals surface area (Å²) in [5.41, 5.74) is 0.372. The molecule has 0 saturated carbocycles. The number of nitrogens with zero attached hydrogens (tertiary/aromatic N) is 3. The second kappa shape index (κ2) is 15.4. The van der Waals surface area contributed by atoms with Crippen LogP contribution in [0.2, 0.25) is 0 Å². The Morgan fingerprint density at radius 1 is 0.767 bits per heavy atom. The number of carbonyl (C=O) groups excluding carboxylic acids is 1. The molecule has 0 unspecified atom stereocenters. The molecule has 0 spiro atoms. The van der Waals surface area contributed by atoms with E-state index in [1.165, 1.54) is 52.3 Å². The summed E-state index contributed by atoms with van der Waals surface area (Å²) in [6.45, 7) is 2.91. The summed E-state index contributed by atoms with van der Waals surface area (Å²) in [7, 11) is 2.51. The Morgan fingerprint density at radius 3 is 1.79 bits per heavy atom. The van der Waals surface area contributed by atoms with Gasteiger partial charge in [0.25, 0.3) is 0 Å². The first-order valence-electron chi connectivity index (χ1n) is 12.2. The lowest BCUT2D eigenvalue weighted by atomic mass is 10.0. The average Bonchev–Trinajstić information content (AvgIpc) is 2.99. The predicted octanol–water partition coefficient (Wildman–Crippen LogP) is 7.07. The summed E-state index contributed by atoms with van der Waals surface area (Å²) in [5, 5.41) is 18.8. The molecule has 0 aromatic heterocycles. The molecule has 3 aromatic carbocycles. The number of carbonyl (C=O) groups is 1. The van der Waals surface area contributed by atoms with Crippen molar-refractivity contribution >= 4 is 23.1 Å². The highest BCUT2D eigenvalue weighted by Gasteiger charge is 2.31. The van der Waals surface area contributed by atoms with Crippen LogP contribution in [0.4, 0.5) is 26.3 Å². The molecule has 0 atom stereocenters. The van der Waals surface area contributed by atoms with Gasteiger partial charge in [-0.2, -0.15) is 26.3 Å². The highest BCUT2D eigenvalue weighted by Crippen LogP contribution is 2.30. The first-order chi connectivity index (χ1) is 20.2. The molecule has 14 heteroatoms. The minimum absolute atomic E-state index is 0.0484. The number of benzene rings is 3. The zero-order valence-corrected chi connectivity index (χ0v) is 23.3. The van der Waals surface area contributed by atoms with Crippen LogP contribution in [0.1, 0.15) is 47.2 Å². The number of esters is 1. The van der Waals surface area contributed by atoms with E-state index in [2.05, 4.69) is 15.5 Å². The number of alkyl halides is 6. The topological polar surface area (TPSA) is 102 Å². The van der Waals surface area contributed by atoms with Crippen LogP contribution in [0.3, 0.4) is 0 Å². The second-order valence-corrected chi connectivity index (χ2v) is 8.56. The van der Waals surface area contributed by atoms with Gasteiger partial charge in [-0.15, -0.1) is 0 Å². The zero-order valence-electron chi connectivity index (χ0n) is 23.3. The largest absolute Gasteiger partial charge is 0.464 e. The third kappa shape index (κ3) is 10.2. The third-order valence-electron chi connectivity index (χ3n) is 5.62. The highest BCUT2D eigenvalue weighted by molar-refractivity contribution is 6.43.